The first-order valence-corrected chi connectivity index (χ1v) is 13.3. The van der Waals surface area contributed by atoms with Crippen molar-refractivity contribution in [1.82, 2.24) is 29.5 Å². The third-order valence-electron chi connectivity index (χ3n) is 6.75. The van der Waals surface area contributed by atoms with Crippen LogP contribution in [0.25, 0.3) is 33.1 Å². The highest BCUT2D eigenvalue weighted by molar-refractivity contribution is 5.90. The lowest BCUT2D eigenvalue weighted by atomic mass is 10.1. The number of morpholine rings is 1. The number of ether oxygens (including phenoxy) is 2. The first-order valence-electron chi connectivity index (χ1n) is 13.3. The van der Waals surface area contributed by atoms with Crippen LogP contribution < -0.4 is 10.2 Å². The van der Waals surface area contributed by atoms with Crippen LogP contribution in [0, 0.1) is 6.92 Å². The molecule has 5 aromatic rings. The van der Waals surface area contributed by atoms with E-state index in [1.807, 2.05) is 63.7 Å². The second kappa shape index (κ2) is 9.91. The van der Waals surface area contributed by atoms with Crippen molar-refractivity contribution in [3.05, 3.63) is 54.4 Å². The number of carbonyl (C=O) groups is 1. The summed E-state index contributed by atoms with van der Waals surface area (Å²) < 4.78 is 14.2. The fraction of sp³-hybridized carbons (Fsp3) is 0.345. The molecule has 1 aliphatic heterocycles. The summed E-state index contributed by atoms with van der Waals surface area (Å²) in [6.07, 6.45) is 1.14. The minimum absolute atomic E-state index is 0.514. The molecule has 0 amide bonds. The molecule has 0 bridgehead atoms. The highest BCUT2D eigenvalue weighted by atomic mass is 16.6. The largest absolute Gasteiger partial charge is 0.442 e. The standard InChI is InChI=1S/C29H32N8O3/c1-18-22-8-6-19(15-25(22)35(5)34-18)23-16-26(33-27(32-23)36-10-12-39-13-11-36)31-21-7-9-24-20(14-21)17-30-37(24)28(38)40-29(2,3)4/h6-9,14-17H,10-13H2,1-5H3,(H,31,32,33). The Hall–Kier alpha value is -4.51. The number of hydrogen-bond acceptors (Lipinski definition) is 9. The number of benzene rings is 2. The zero-order chi connectivity index (χ0) is 28.0. The summed E-state index contributed by atoms with van der Waals surface area (Å²) in [5.74, 6) is 1.30. The molecule has 2 aromatic carbocycles. The Bertz CT molecular complexity index is 1730. The van der Waals surface area contributed by atoms with Crippen molar-refractivity contribution in [3.8, 4) is 11.3 Å². The quantitative estimate of drug-likeness (QED) is 0.335. The molecule has 206 valence electrons. The van der Waals surface area contributed by atoms with E-state index >= 15 is 0 Å². The van der Waals surface area contributed by atoms with E-state index in [1.54, 1.807) is 6.20 Å². The van der Waals surface area contributed by atoms with E-state index in [9.17, 15) is 4.79 Å². The minimum atomic E-state index is -0.611. The summed E-state index contributed by atoms with van der Waals surface area (Å²) in [6.45, 7) is 10.2. The molecular weight excluding hydrogens is 508 g/mol. The fourth-order valence-electron chi connectivity index (χ4n) is 4.86. The number of aryl methyl sites for hydroxylation is 2. The van der Waals surface area contributed by atoms with Gasteiger partial charge in [0, 0.05) is 48.2 Å². The maximum Gasteiger partial charge on any atom is 0.435 e. The number of aromatic nitrogens is 6. The van der Waals surface area contributed by atoms with E-state index in [-0.39, 0.29) is 0 Å². The molecule has 3 aromatic heterocycles. The monoisotopic (exact) mass is 540 g/mol. The van der Waals surface area contributed by atoms with Crippen LogP contribution in [0.1, 0.15) is 26.5 Å². The van der Waals surface area contributed by atoms with E-state index in [0.29, 0.717) is 30.5 Å². The maximum atomic E-state index is 12.6. The minimum Gasteiger partial charge on any atom is -0.442 e. The lowest BCUT2D eigenvalue weighted by Crippen LogP contribution is -2.37. The van der Waals surface area contributed by atoms with Gasteiger partial charge >= 0.3 is 6.09 Å². The summed E-state index contributed by atoms with van der Waals surface area (Å²) in [4.78, 5) is 24.5. The fourth-order valence-corrected chi connectivity index (χ4v) is 4.86. The van der Waals surface area contributed by atoms with Crippen molar-refractivity contribution in [2.24, 2.45) is 7.05 Å². The van der Waals surface area contributed by atoms with Gasteiger partial charge in [0.2, 0.25) is 5.95 Å². The van der Waals surface area contributed by atoms with Crippen molar-refractivity contribution in [3.63, 3.8) is 0 Å². The third kappa shape index (κ3) is 5.07. The highest BCUT2D eigenvalue weighted by Gasteiger charge is 2.21. The van der Waals surface area contributed by atoms with Crippen LogP contribution in [0.4, 0.5) is 22.2 Å². The topological polar surface area (TPSA) is 112 Å². The molecule has 0 radical (unpaired) electrons. The molecule has 0 unspecified atom stereocenters. The van der Waals surface area contributed by atoms with Gasteiger partial charge in [0.1, 0.15) is 11.4 Å². The van der Waals surface area contributed by atoms with Crippen LogP contribution in [0.2, 0.25) is 0 Å². The Morgan fingerprint density at radius 2 is 1.82 bits per heavy atom. The van der Waals surface area contributed by atoms with Crippen molar-refractivity contribution in [1.29, 1.82) is 0 Å². The molecule has 6 rings (SSSR count). The molecule has 0 atom stereocenters. The number of nitrogens with one attached hydrogen (secondary N) is 1. The van der Waals surface area contributed by atoms with E-state index in [1.165, 1.54) is 4.68 Å². The lowest BCUT2D eigenvalue weighted by molar-refractivity contribution is 0.0522. The highest BCUT2D eigenvalue weighted by Crippen LogP contribution is 2.30. The molecule has 0 spiro atoms. The molecular formula is C29H32N8O3. The molecule has 0 aliphatic carbocycles. The Balaban J connectivity index is 1.35. The van der Waals surface area contributed by atoms with E-state index in [4.69, 9.17) is 19.4 Å². The van der Waals surface area contributed by atoms with Crippen molar-refractivity contribution >= 4 is 45.4 Å². The van der Waals surface area contributed by atoms with Gasteiger partial charge in [0.15, 0.2) is 0 Å². The van der Waals surface area contributed by atoms with Crippen LogP contribution in [0.3, 0.4) is 0 Å². The van der Waals surface area contributed by atoms with Crippen molar-refractivity contribution in [2.75, 3.05) is 36.5 Å². The van der Waals surface area contributed by atoms with Crippen molar-refractivity contribution < 1.29 is 14.3 Å². The number of hydrogen-bond donors (Lipinski definition) is 1. The number of anilines is 3. The Labute approximate surface area is 231 Å². The van der Waals surface area contributed by atoms with Gasteiger partial charge in [-0.25, -0.2) is 9.78 Å². The summed E-state index contributed by atoms with van der Waals surface area (Å²) >= 11 is 0. The van der Waals surface area contributed by atoms with Gasteiger partial charge in [-0.3, -0.25) is 4.68 Å². The summed E-state index contributed by atoms with van der Waals surface area (Å²) in [6, 6.07) is 13.9. The number of nitrogens with zero attached hydrogens (tertiary/aromatic N) is 7. The third-order valence-corrected chi connectivity index (χ3v) is 6.75. The van der Waals surface area contributed by atoms with Gasteiger partial charge < -0.3 is 19.7 Å². The predicted octanol–water partition coefficient (Wildman–Crippen LogP) is 5.05. The smallest absolute Gasteiger partial charge is 0.435 e. The molecule has 0 saturated carbocycles. The van der Waals surface area contributed by atoms with Gasteiger partial charge in [-0.15, -0.1) is 0 Å². The van der Waals surface area contributed by atoms with Gasteiger partial charge in [-0.05, 0) is 52.0 Å². The van der Waals surface area contributed by atoms with E-state index in [2.05, 4.69) is 38.6 Å². The van der Waals surface area contributed by atoms with E-state index in [0.717, 1.165) is 52.0 Å². The molecule has 1 N–H and O–H groups in total. The van der Waals surface area contributed by atoms with Gasteiger partial charge in [0.05, 0.1) is 41.8 Å². The number of fused-ring (bicyclic) bond motifs is 2. The SMILES string of the molecule is Cc1nn(C)c2cc(-c3cc(Nc4ccc5c(cnn5C(=O)OC(C)(C)C)c4)nc(N4CCOCC4)n3)ccc12. The summed E-state index contributed by atoms with van der Waals surface area (Å²) in [7, 11) is 1.95. The first-order chi connectivity index (χ1) is 19.1. The van der Waals surface area contributed by atoms with Crippen molar-refractivity contribution in [2.45, 2.75) is 33.3 Å². The van der Waals surface area contributed by atoms with Crippen LogP contribution >= 0.6 is 0 Å². The molecule has 1 fully saturated rings. The average Bonchev–Trinajstić information content (AvgIpc) is 3.47. The average molecular weight is 541 g/mol. The molecule has 11 nitrogen and oxygen atoms in total. The second-order valence-corrected chi connectivity index (χ2v) is 10.9. The van der Waals surface area contributed by atoms with Crippen LogP contribution in [0.15, 0.2) is 48.7 Å². The van der Waals surface area contributed by atoms with E-state index < -0.39 is 11.7 Å². The predicted molar refractivity (Wildman–Crippen MR) is 154 cm³/mol. The Morgan fingerprint density at radius 1 is 1.02 bits per heavy atom. The molecule has 4 heterocycles. The number of carbonyl (C=O) groups excluding carboxylic acids is 1. The molecule has 1 aliphatic rings. The second-order valence-electron chi connectivity index (χ2n) is 10.9. The lowest BCUT2D eigenvalue weighted by Gasteiger charge is -2.27. The Kier molecular flexibility index (Phi) is 6.38. The number of rotatable bonds is 4. The summed E-state index contributed by atoms with van der Waals surface area (Å²) in [5.41, 5.74) is 4.68. The van der Waals surface area contributed by atoms with Crippen LogP contribution in [-0.2, 0) is 16.5 Å². The van der Waals surface area contributed by atoms with Gasteiger partial charge in [-0.2, -0.15) is 19.9 Å². The normalized spacial score (nSPS) is 14.2. The first kappa shape index (κ1) is 25.8. The Morgan fingerprint density at radius 3 is 2.60 bits per heavy atom. The van der Waals surface area contributed by atoms with Crippen LogP contribution in [0.5, 0.6) is 0 Å². The maximum absolute atomic E-state index is 12.6. The zero-order valence-electron chi connectivity index (χ0n) is 23.3. The van der Waals surface area contributed by atoms with Gasteiger partial charge in [0.25, 0.3) is 0 Å². The summed E-state index contributed by atoms with van der Waals surface area (Å²) in [5, 5.41) is 14.2. The molecule has 11 heteroatoms. The van der Waals surface area contributed by atoms with Crippen LogP contribution in [-0.4, -0.2) is 67.5 Å². The molecule has 1 saturated heterocycles. The van der Waals surface area contributed by atoms with Gasteiger partial charge in [-0.1, -0.05) is 12.1 Å². The molecule has 40 heavy (non-hydrogen) atoms. The zero-order valence-corrected chi connectivity index (χ0v) is 23.3.